The predicted octanol–water partition coefficient (Wildman–Crippen LogP) is 0.786. The van der Waals surface area contributed by atoms with Crippen molar-refractivity contribution in [2.24, 2.45) is 5.92 Å². The van der Waals surface area contributed by atoms with E-state index < -0.39 is 12.0 Å². The average Bonchev–Trinajstić information content (AvgIpc) is 3.40. The molecule has 10 heteroatoms. The number of hydrazine groups is 3. The number of rotatable bonds is 10. The molecule has 1 aromatic carbocycles. The lowest BCUT2D eigenvalue weighted by atomic mass is 9.99. The minimum atomic E-state index is -0.972. The second-order valence-electron chi connectivity index (χ2n) is 7.40. The zero-order valence-corrected chi connectivity index (χ0v) is 17.9. The zero-order chi connectivity index (χ0) is 20.6. The molecule has 2 heterocycles. The second kappa shape index (κ2) is 11.2. The standard InChI is InChI=1S/C19H29N5O3S2/c25-18(14(11-28)7-6-13-4-2-1-3-5-13)21-17(19(26)27)16-9-8-15(29-16)10-24-12-20-22-23-24/h1-5,14-17,20,22-23,28H,6-12H2,(H,21,25)(H,26,27)/t14-,15?,16?,17-/m0/s1. The number of thiol groups is 1. The lowest BCUT2D eigenvalue weighted by molar-refractivity contribution is -0.142. The van der Waals surface area contributed by atoms with Gasteiger partial charge in [0.05, 0.1) is 6.67 Å². The van der Waals surface area contributed by atoms with E-state index >= 15 is 0 Å². The van der Waals surface area contributed by atoms with Gasteiger partial charge in [-0.15, -0.1) is 0 Å². The van der Waals surface area contributed by atoms with E-state index in [-0.39, 0.29) is 17.1 Å². The highest BCUT2D eigenvalue weighted by atomic mass is 32.2. The third-order valence-electron chi connectivity index (χ3n) is 5.29. The first-order valence-corrected chi connectivity index (χ1v) is 11.5. The molecule has 2 unspecified atom stereocenters. The van der Waals surface area contributed by atoms with Crippen LogP contribution in [0, 0.1) is 5.92 Å². The Morgan fingerprint density at radius 1 is 1.31 bits per heavy atom. The number of carboxylic acids is 1. The highest BCUT2D eigenvalue weighted by Gasteiger charge is 2.38. The van der Waals surface area contributed by atoms with E-state index in [4.69, 9.17) is 0 Å². The largest absolute Gasteiger partial charge is 0.480 e. The molecule has 4 atom stereocenters. The Labute approximate surface area is 180 Å². The van der Waals surface area contributed by atoms with Gasteiger partial charge in [0.25, 0.3) is 0 Å². The maximum absolute atomic E-state index is 12.8. The van der Waals surface area contributed by atoms with E-state index in [2.05, 4.69) is 34.4 Å². The molecule has 0 saturated carbocycles. The Kier molecular flexibility index (Phi) is 8.64. The van der Waals surface area contributed by atoms with Gasteiger partial charge in [-0.1, -0.05) is 30.3 Å². The number of carbonyl (C=O) groups is 2. The molecular formula is C19H29N5O3S2. The van der Waals surface area contributed by atoms with Crippen LogP contribution in [0.15, 0.2) is 30.3 Å². The molecule has 0 bridgehead atoms. The Hall–Kier alpha value is -1.30. The highest BCUT2D eigenvalue weighted by Crippen LogP contribution is 2.36. The topological polar surface area (TPSA) is 106 Å². The van der Waals surface area contributed by atoms with Gasteiger partial charge in [-0.25, -0.2) is 15.2 Å². The van der Waals surface area contributed by atoms with Crippen molar-refractivity contribution in [2.45, 2.75) is 42.2 Å². The van der Waals surface area contributed by atoms with Crippen molar-refractivity contribution in [3.05, 3.63) is 35.9 Å². The molecule has 2 fully saturated rings. The normalized spacial score (nSPS) is 24.3. The average molecular weight is 440 g/mol. The summed E-state index contributed by atoms with van der Waals surface area (Å²) in [6.07, 6.45) is 3.11. The molecule has 2 aliphatic rings. The summed E-state index contributed by atoms with van der Waals surface area (Å²) in [5.74, 6) is -1.11. The number of nitrogens with one attached hydrogen (secondary N) is 4. The van der Waals surface area contributed by atoms with Crippen LogP contribution in [0.25, 0.3) is 0 Å². The minimum Gasteiger partial charge on any atom is -0.480 e. The van der Waals surface area contributed by atoms with Gasteiger partial charge < -0.3 is 10.4 Å². The van der Waals surface area contributed by atoms with Crippen LogP contribution in [-0.4, -0.2) is 57.5 Å². The Bertz CT molecular complexity index is 675. The summed E-state index contributed by atoms with van der Waals surface area (Å²) in [6, 6.07) is 9.10. The summed E-state index contributed by atoms with van der Waals surface area (Å²) in [6.45, 7) is 1.49. The summed E-state index contributed by atoms with van der Waals surface area (Å²) < 4.78 is 0. The number of aliphatic carboxylic acids is 1. The molecule has 2 aliphatic heterocycles. The molecule has 0 aromatic heterocycles. The maximum atomic E-state index is 12.8. The van der Waals surface area contributed by atoms with E-state index in [9.17, 15) is 14.7 Å². The fraction of sp³-hybridized carbons (Fsp3) is 0.579. The molecule has 0 radical (unpaired) electrons. The fourth-order valence-electron chi connectivity index (χ4n) is 3.64. The lowest BCUT2D eigenvalue weighted by Gasteiger charge is -2.24. The van der Waals surface area contributed by atoms with Gasteiger partial charge in [-0.2, -0.15) is 35.5 Å². The summed E-state index contributed by atoms with van der Waals surface area (Å²) in [7, 11) is 0. The first-order chi connectivity index (χ1) is 14.1. The summed E-state index contributed by atoms with van der Waals surface area (Å²) in [5.41, 5.74) is 9.95. The van der Waals surface area contributed by atoms with Gasteiger partial charge in [0.1, 0.15) is 6.04 Å². The molecule has 1 aromatic rings. The zero-order valence-electron chi connectivity index (χ0n) is 16.2. The number of carboxylic acid groups (broad SMARTS) is 1. The van der Waals surface area contributed by atoms with E-state index in [1.54, 1.807) is 11.8 Å². The Morgan fingerprint density at radius 3 is 2.76 bits per heavy atom. The molecule has 3 rings (SSSR count). The number of benzene rings is 1. The molecule has 0 spiro atoms. The van der Waals surface area contributed by atoms with E-state index in [0.717, 1.165) is 31.4 Å². The fourth-order valence-corrected chi connectivity index (χ4v) is 5.63. The predicted molar refractivity (Wildman–Crippen MR) is 117 cm³/mol. The molecule has 8 nitrogen and oxygen atoms in total. The third kappa shape index (κ3) is 6.59. The van der Waals surface area contributed by atoms with Crippen LogP contribution < -0.4 is 21.8 Å². The van der Waals surface area contributed by atoms with Crippen molar-refractivity contribution in [3.8, 4) is 0 Å². The minimum absolute atomic E-state index is 0.125. The van der Waals surface area contributed by atoms with E-state index in [1.165, 1.54) is 0 Å². The number of thioether (sulfide) groups is 1. The number of carbonyl (C=O) groups excluding carboxylic acids is 1. The van der Waals surface area contributed by atoms with Crippen LogP contribution in [0.1, 0.15) is 24.8 Å². The van der Waals surface area contributed by atoms with Crippen molar-refractivity contribution in [1.29, 1.82) is 0 Å². The maximum Gasteiger partial charge on any atom is 0.327 e. The highest BCUT2D eigenvalue weighted by molar-refractivity contribution is 8.00. The van der Waals surface area contributed by atoms with Crippen molar-refractivity contribution < 1.29 is 14.7 Å². The smallest absolute Gasteiger partial charge is 0.327 e. The van der Waals surface area contributed by atoms with Crippen molar-refractivity contribution in [1.82, 2.24) is 26.8 Å². The van der Waals surface area contributed by atoms with Gasteiger partial charge in [0, 0.05) is 28.7 Å². The molecule has 29 heavy (non-hydrogen) atoms. The quantitative estimate of drug-likeness (QED) is 0.297. The number of hydrogen-bond donors (Lipinski definition) is 6. The molecule has 0 aliphatic carbocycles. The van der Waals surface area contributed by atoms with Gasteiger partial charge in [-0.3, -0.25) is 4.79 Å². The number of aryl methyl sites for hydroxylation is 1. The number of hydrogen-bond acceptors (Lipinski definition) is 8. The molecular weight excluding hydrogens is 410 g/mol. The summed E-state index contributed by atoms with van der Waals surface area (Å²) in [4.78, 5) is 24.6. The molecule has 1 amide bonds. The van der Waals surface area contributed by atoms with Crippen molar-refractivity contribution in [2.75, 3.05) is 19.0 Å². The van der Waals surface area contributed by atoms with Crippen LogP contribution in [0.3, 0.4) is 0 Å². The Balaban J connectivity index is 1.51. The van der Waals surface area contributed by atoms with Crippen LogP contribution in [0.5, 0.6) is 0 Å². The Morgan fingerprint density at radius 2 is 2.10 bits per heavy atom. The summed E-state index contributed by atoms with van der Waals surface area (Å²) >= 11 is 5.98. The lowest BCUT2D eigenvalue weighted by Crippen LogP contribution is -2.49. The van der Waals surface area contributed by atoms with Gasteiger partial charge in [-0.05, 0) is 31.2 Å². The van der Waals surface area contributed by atoms with Crippen molar-refractivity contribution in [3.63, 3.8) is 0 Å². The number of amides is 1. The van der Waals surface area contributed by atoms with Gasteiger partial charge in [0.2, 0.25) is 5.91 Å². The van der Waals surface area contributed by atoms with Gasteiger partial charge >= 0.3 is 5.97 Å². The second-order valence-corrected chi connectivity index (χ2v) is 9.31. The van der Waals surface area contributed by atoms with E-state index in [0.29, 0.717) is 24.1 Å². The summed E-state index contributed by atoms with van der Waals surface area (Å²) in [5, 5.41) is 14.7. The van der Waals surface area contributed by atoms with E-state index in [1.807, 2.05) is 35.3 Å². The number of nitrogens with zero attached hydrogens (tertiary/aromatic N) is 1. The van der Waals surface area contributed by atoms with Crippen LogP contribution in [-0.2, 0) is 16.0 Å². The van der Waals surface area contributed by atoms with Crippen LogP contribution in [0.2, 0.25) is 0 Å². The van der Waals surface area contributed by atoms with Crippen molar-refractivity contribution >= 4 is 36.3 Å². The van der Waals surface area contributed by atoms with Gasteiger partial charge in [0.15, 0.2) is 0 Å². The monoisotopic (exact) mass is 439 g/mol. The third-order valence-corrected chi connectivity index (χ3v) is 7.36. The van der Waals surface area contributed by atoms with Crippen LogP contribution >= 0.6 is 24.4 Å². The first kappa shape index (κ1) is 22.4. The first-order valence-electron chi connectivity index (χ1n) is 9.88. The SMILES string of the molecule is O=C(N[C@H](C(=O)O)C1CCC(CN2CNNN2)S1)[C@H](CS)CCc1ccccc1. The molecule has 160 valence electrons. The molecule has 2 saturated heterocycles. The van der Waals surface area contributed by atoms with Crippen LogP contribution in [0.4, 0.5) is 0 Å². The molecule has 5 N–H and O–H groups in total.